The number of piperidine rings is 1. The number of fused-ring (bicyclic) bond motifs is 2. The maximum absolute atomic E-state index is 15.9. The molecule has 202 valence electrons. The summed E-state index contributed by atoms with van der Waals surface area (Å²) in [7, 11) is -1.69. The number of likely N-dealkylation sites (N-methyl/N-ethyl adjacent to an activating group) is 1. The lowest BCUT2D eigenvalue weighted by atomic mass is 9.82. The summed E-state index contributed by atoms with van der Waals surface area (Å²) >= 11 is 0. The van der Waals surface area contributed by atoms with Crippen molar-refractivity contribution in [3.63, 3.8) is 0 Å². The number of benzene rings is 1. The van der Waals surface area contributed by atoms with Crippen molar-refractivity contribution in [3.05, 3.63) is 23.8 Å². The van der Waals surface area contributed by atoms with Gasteiger partial charge in [-0.05, 0) is 57.0 Å². The molecule has 3 saturated heterocycles. The first-order valence-corrected chi connectivity index (χ1v) is 16.5. The number of nitrogens with zero attached hydrogens (tertiary/aromatic N) is 3. The molecule has 0 aromatic heterocycles. The van der Waals surface area contributed by atoms with Crippen molar-refractivity contribution < 1.29 is 28.3 Å². The van der Waals surface area contributed by atoms with Crippen LogP contribution in [0.2, 0.25) is 18.6 Å². The van der Waals surface area contributed by atoms with Gasteiger partial charge in [0, 0.05) is 49.3 Å². The van der Waals surface area contributed by atoms with Crippen LogP contribution in [0.1, 0.15) is 51.0 Å². The van der Waals surface area contributed by atoms with Gasteiger partial charge in [0.15, 0.2) is 5.60 Å². The minimum atomic E-state index is -3.39. The van der Waals surface area contributed by atoms with Crippen molar-refractivity contribution in [2.45, 2.75) is 81.8 Å². The number of anilines is 2. The number of hydrogen-bond acceptors (Lipinski definition) is 5. The maximum atomic E-state index is 15.9. The lowest BCUT2D eigenvalue weighted by Gasteiger charge is -2.32. The summed E-state index contributed by atoms with van der Waals surface area (Å²) in [6.07, 6.45) is 3.07. The fraction of sp³-hybridized carbons (Fsp3) is 0.667. The molecule has 0 radical (unpaired) electrons. The molecule has 4 aliphatic rings. The number of amides is 3. The quantitative estimate of drug-likeness (QED) is 0.465. The Morgan fingerprint density at radius 2 is 1.97 bits per heavy atom. The minimum Gasteiger partial charge on any atom is -0.394 e. The van der Waals surface area contributed by atoms with Crippen LogP contribution < -0.4 is 9.80 Å². The summed E-state index contributed by atoms with van der Waals surface area (Å²) in [4.78, 5) is 44.9. The Balaban J connectivity index is 1.53. The van der Waals surface area contributed by atoms with Crippen molar-refractivity contribution in [3.8, 4) is 0 Å². The lowest BCUT2D eigenvalue weighted by Crippen LogP contribution is -2.44. The van der Waals surface area contributed by atoms with Crippen LogP contribution in [0.15, 0.2) is 18.2 Å². The SMILES string of the molecule is C[C@@H]1[C@@H]([Si](C)(C)F)[C@H](CC(=O)N2CCC[C@H]2CO)O[C@@]12C(=O)N(C)c1ccc(N3CCCCC3=O)cc12. The monoisotopic (exact) mass is 531 g/mol. The predicted octanol–water partition coefficient (Wildman–Crippen LogP) is 3.33. The Morgan fingerprint density at radius 1 is 1.22 bits per heavy atom. The molecule has 5 atom stereocenters. The highest BCUT2D eigenvalue weighted by Crippen LogP contribution is 2.60. The standard InChI is InChI=1S/C27H38FN3O5Si/c1-17-25(37(3,4)28)22(15-24(34)31-13-7-8-19(31)16-32)36-27(17)20-14-18(30-12-6-5-9-23(30)33)10-11-21(20)29(2)26(27)35/h10-11,14,17,19,22,25,32H,5-9,12-13,15-16H2,1-4H3/t17-,19+,22+,25-,27+/m1/s1. The fourth-order valence-corrected chi connectivity index (χ4v) is 9.72. The van der Waals surface area contributed by atoms with Gasteiger partial charge in [-0.1, -0.05) is 6.92 Å². The van der Waals surface area contributed by atoms with Gasteiger partial charge in [0.05, 0.1) is 30.9 Å². The van der Waals surface area contributed by atoms with Crippen LogP contribution in [-0.2, 0) is 24.7 Å². The van der Waals surface area contributed by atoms with Gasteiger partial charge in [-0.25, -0.2) is 0 Å². The first-order valence-electron chi connectivity index (χ1n) is 13.5. The molecule has 10 heteroatoms. The van der Waals surface area contributed by atoms with Gasteiger partial charge in [-0.2, -0.15) is 0 Å². The number of carbonyl (C=O) groups excluding carboxylic acids is 3. The average molecular weight is 532 g/mol. The third-order valence-corrected chi connectivity index (χ3v) is 11.5. The number of hydrogen-bond donors (Lipinski definition) is 1. The number of rotatable bonds is 5. The Hall–Kier alpha value is -2.30. The second kappa shape index (κ2) is 9.46. The zero-order valence-corrected chi connectivity index (χ0v) is 23.2. The molecule has 0 aliphatic carbocycles. The van der Waals surface area contributed by atoms with Crippen molar-refractivity contribution in [2.75, 3.05) is 36.5 Å². The van der Waals surface area contributed by atoms with Crippen LogP contribution in [0.5, 0.6) is 0 Å². The van der Waals surface area contributed by atoms with Crippen LogP contribution in [0, 0.1) is 5.92 Å². The van der Waals surface area contributed by atoms with E-state index in [1.807, 2.05) is 25.1 Å². The molecule has 37 heavy (non-hydrogen) atoms. The van der Waals surface area contributed by atoms with Crippen LogP contribution in [0.3, 0.4) is 0 Å². The van der Waals surface area contributed by atoms with E-state index in [1.165, 1.54) is 0 Å². The Bertz CT molecular complexity index is 1110. The zero-order chi connectivity index (χ0) is 26.7. The van der Waals surface area contributed by atoms with E-state index < -0.39 is 31.6 Å². The maximum Gasteiger partial charge on any atom is 0.264 e. The third-order valence-electron chi connectivity index (χ3n) is 8.99. The average Bonchev–Trinajstić information content (AvgIpc) is 3.50. The van der Waals surface area contributed by atoms with Crippen molar-refractivity contribution in [1.29, 1.82) is 0 Å². The van der Waals surface area contributed by atoms with E-state index in [2.05, 4.69) is 0 Å². The summed E-state index contributed by atoms with van der Waals surface area (Å²) in [5.41, 5.74) is 0.0735. The van der Waals surface area contributed by atoms with Crippen LogP contribution in [0.4, 0.5) is 15.5 Å². The molecule has 1 spiro atoms. The smallest absolute Gasteiger partial charge is 0.264 e. The fourth-order valence-electron chi connectivity index (χ4n) is 7.23. The van der Waals surface area contributed by atoms with Crippen LogP contribution in [0.25, 0.3) is 0 Å². The molecule has 0 saturated carbocycles. The highest BCUT2D eigenvalue weighted by atomic mass is 28.4. The number of likely N-dealkylation sites (tertiary alicyclic amines) is 1. The number of carbonyl (C=O) groups is 3. The molecule has 1 N–H and O–H groups in total. The van der Waals surface area contributed by atoms with E-state index in [0.717, 1.165) is 31.4 Å². The van der Waals surface area contributed by atoms with Gasteiger partial charge in [0.1, 0.15) is 0 Å². The van der Waals surface area contributed by atoms with Crippen LogP contribution >= 0.6 is 0 Å². The summed E-state index contributed by atoms with van der Waals surface area (Å²) in [5, 5.41) is 9.71. The number of halogens is 1. The molecule has 0 unspecified atom stereocenters. The molecule has 5 rings (SSSR count). The number of ether oxygens (including phenoxy) is 1. The van der Waals surface area contributed by atoms with E-state index in [0.29, 0.717) is 30.8 Å². The molecule has 1 aromatic rings. The number of aliphatic hydroxyl groups is 1. The van der Waals surface area contributed by atoms with Gasteiger partial charge in [-0.3, -0.25) is 14.4 Å². The highest BCUT2D eigenvalue weighted by molar-refractivity contribution is 6.72. The number of aliphatic hydroxyl groups excluding tert-OH is 1. The molecule has 0 bridgehead atoms. The predicted molar refractivity (Wildman–Crippen MR) is 141 cm³/mol. The molecular formula is C27H38FN3O5Si. The van der Waals surface area contributed by atoms with Gasteiger partial charge < -0.3 is 28.7 Å². The largest absolute Gasteiger partial charge is 0.394 e. The van der Waals surface area contributed by atoms with E-state index >= 15 is 4.11 Å². The van der Waals surface area contributed by atoms with Crippen LogP contribution in [-0.4, -0.2) is 75.0 Å². The molecule has 3 amide bonds. The Kier molecular flexibility index (Phi) is 6.73. The van der Waals surface area contributed by atoms with Gasteiger partial charge in [0.25, 0.3) is 5.91 Å². The van der Waals surface area contributed by atoms with Gasteiger partial charge >= 0.3 is 0 Å². The molecule has 4 aliphatic heterocycles. The van der Waals surface area contributed by atoms with Crippen molar-refractivity contribution in [1.82, 2.24) is 4.90 Å². The van der Waals surface area contributed by atoms with E-state index in [-0.39, 0.29) is 36.8 Å². The summed E-state index contributed by atoms with van der Waals surface area (Å²) in [5.74, 6) is -0.862. The summed E-state index contributed by atoms with van der Waals surface area (Å²) in [6.45, 7) is 6.20. The molecule has 3 fully saturated rings. The second-order valence-electron chi connectivity index (χ2n) is 11.6. The zero-order valence-electron chi connectivity index (χ0n) is 22.2. The van der Waals surface area contributed by atoms with Gasteiger partial charge in [-0.15, -0.1) is 0 Å². The lowest BCUT2D eigenvalue weighted by molar-refractivity contribution is -0.149. The molecule has 8 nitrogen and oxygen atoms in total. The normalized spacial score (nSPS) is 32.1. The topological polar surface area (TPSA) is 90.4 Å². The van der Waals surface area contributed by atoms with E-state index in [4.69, 9.17) is 4.74 Å². The Labute approximate surface area is 218 Å². The van der Waals surface area contributed by atoms with E-state index in [9.17, 15) is 19.5 Å². The van der Waals surface area contributed by atoms with Gasteiger partial charge in [0.2, 0.25) is 20.2 Å². The Morgan fingerprint density at radius 3 is 2.65 bits per heavy atom. The molecular weight excluding hydrogens is 493 g/mol. The molecule has 1 aromatic carbocycles. The highest BCUT2D eigenvalue weighted by Gasteiger charge is 2.66. The second-order valence-corrected chi connectivity index (χ2v) is 15.4. The minimum absolute atomic E-state index is 0.0236. The summed E-state index contributed by atoms with van der Waals surface area (Å²) in [6, 6.07) is 5.35. The van der Waals surface area contributed by atoms with Crippen molar-refractivity contribution in [2.24, 2.45) is 5.92 Å². The van der Waals surface area contributed by atoms with E-state index in [1.54, 1.807) is 34.8 Å². The first-order chi connectivity index (χ1) is 17.5. The summed E-state index contributed by atoms with van der Waals surface area (Å²) < 4.78 is 22.6. The molecule has 4 heterocycles. The first kappa shape index (κ1) is 26.3. The van der Waals surface area contributed by atoms with Crippen molar-refractivity contribution >= 4 is 37.5 Å². The third kappa shape index (κ3) is 4.12.